The molecule has 16 heavy (non-hydrogen) atoms. The van der Waals surface area contributed by atoms with Gasteiger partial charge < -0.3 is 15.2 Å². The topological polar surface area (TPSA) is 85.8 Å². The lowest BCUT2D eigenvalue weighted by Crippen LogP contribution is -2.34. The molecule has 3 rings (SSSR count). The minimum Gasteiger partial charge on any atom is -0.368 e. The molecular formula is C9H11N7. The Morgan fingerprint density at radius 3 is 3.12 bits per heavy atom. The van der Waals surface area contributed by atoms with Gasteiger partial charge in [0.2, 0.25) is 5.95 Å². The zero-order valence-electron chi connectivity index (χ0n) is 8.61. The molecule has 2 aromatic rings. The molecule has 82 valence electrons. The lowest BCUT2D eigenvalue weighted by molar-refractivity contribution is 0.556. The summed E-state index contributed by atoms with van der Waals surface area (Å²) < 4.78 is 2.04. The average molecular weight is 217 g/mol. The summed E-state index contributed by atoms with van der Waals surface area (Å²) in [6.07, 6.45) is 3.41. The molecule has 1 aliphatic rings. The summed E-state index contributed by atoms with van der Waals surface area (Å²) in [6.45, 7) is 2.45. The van der Waals surface area contributed by atoms with Crippen molar-refractivity contribution in [3.8, 4) is 0 Å². The Hall–Kier alpha value is -2.18. The van der Waals surface area contributed by atoms with Crippen LogP contribution in [0.3, 0.4) is 0 Å². The summed E-state index contributed by atoms with van der Waals surface area (Å²) in [5.41, 5.74) is 5.56. The maximum absolute atomic E-state index is 5.56. The van der Waals surface area contributed by atoms with Crippen molar-refractivity contribution in [2.45, 2.75) is 13.1 Å². The molecule has 7 heteroatoms. The van der Waals surface area contributed by atoms with Crippen LogP contribution in [-0.2, 0) is 13.1 Å². The fourth-order valence-corrected chi connectivity index (χ4v) is 1.80. The second-order valence-electron chi connectivity index (χ2n) is 3.64. The molecule has 3 heterocycles. The van der Waals surface area contributed by atoms with Gasteiger partial charge in [-0.05, 0) is 6.07 Å². The summed E-state index contributed by atoms with van der Waals surface area (Å²) in [7, 11) is 0. The Morgan fingerprint density at radius 2 is 2.25 bits per heavy atom. The van der Waals surface area contributed by atoms with E-state index >= 15 is 0 Å². The number of anilines is 2. The standard InChI is InChI=1S/C9H11N7/c10-9-11-2-1-7(13-9)15-3-4-16-6-12-14-8(16)5-15/h1-2,6H,3-5H2,(H2,10,11,13). The van der Waals surface area contributed by atoms with Crippen LogP contribution < -0.4 is 10.6 Å². The van der Waals surface area contributed by atoms with Crippen molar-refractivity contribution in [3.05, 3.63) is 24.4 Å². The molecule has 0 radical (unpaired) electrons. The van der Waals surface area contributed by atoms with Gasteiger partial charge in [-0.25, -0.2) is 4.98 Å². The molecule has 0 unspecified atom stereocenters. The van der Waals surface area contributed by atoms with Crippen molar-refractivity contribution in [2.75, 3.05) is 17.2 Å². The highest BCUT2D eigenvalue weighted by atomic mass is 15.3. The summed E-state index contributed by atoms with van der Waals surface area (Å²) in [5.74, 6) is 2.08. The van der Waals surface area contributed by atoms with Crippen molar-refractivity contribution in [2.24, 2.45) is 0 Å². The Morgan fingerprint density at radius 1 is 1.31 bits per heavy atom. The monoisotopic (exact) mass is 217 g/mol. The predicted molar refractivity (Wildman–Crippen MR) is 57.5 cm³/mol. The van der Waals surface area contributed by atoms with Gasteiger partial charge in [-0.3, -0.25) is 0 Å². The van der Waals surface area contributed by atoms with Gasteiger partial charge in [0.25, 0.3) is 0 Å². The van der Waals surface area contributed by atoms with Crippen molar-refractivity contribution >= 4 is 11.8 Å². The molecular weight excluding hydrogens is 206 g/mol. The average Bonchev–Trinajstić information content (AvgIpc) is 2.75. The summed E-state index contributed by atoms with van der Waals surface area (Å²) >= 11 is 0. The minimum atomic E-state index is 0.296. The van der Waals surface area contributed by atoms with E-state index in [0.717, 1.165) is 24.7 Å². The molecule has 1 aliphatic heterocycles. The van der Waals surface area contributed by atoms with Gasteiger partial charge in [-0.2, -0.15) is 4.98 Å². The van der Waals surface area contributed by atoms with Gasteiger partial charge in [0.15, 0.2) is 5.82 Å². The van der Waals surface area contributed by atoms with Crippen molar-refractivity contribution in [3.63, 3.8) is 0 Å². The van der Waals surface area contributed by atoms with Gasteiger partial charge >= 0.3 is 0 Å². The quantitative estimate of drug-likeness (QED) is 0.704. The van der Waals surface area contributed by atoms with Crippen molar-refractivity contribution in [1.29, 1.82) is 0 Å². The number of hydrogen-bond donors (Lipinski definition) is 1. The van der Waals surface area contributed by atoms with Gasteiger partial charge in [0.1, 0.15) is 12.1 Å². The van der Waals surface area contributed by atoms with E-state index in [1.807, 2.05) is 10.6 Å². The van der Waals surface area contributed by atoms with E-state index in [2.05, 4.69) is 25.1 Å². The highest BCUT2D eigenvalue weighted by Gasteiger charge is 2.18. The number of rotatable bonds is 1. The van der Waals surface area contributed by atoms with E-state index in [0.29, 0.717) is 12.5 Å². The Balaban J connectivity index is 1.88. The highest BCUT2D eigenvalue weighted by molar-refractivity contribution is 5.41. The van der Waals surface area contributed by atoms with Crippen LogP contribution in [0.25, 0.3) is 0 Å². The first-order valence-corrected chi connectivity index (χ1v) is 5.03. The molecule has 0 saturated heterocycles. The number of fused-ring (bicyclic) bond motifs is 1. The fourth-order valence-electron chi connectivity index (χ4n) is 1.80. The third-order valence-corrected chi connectivity index (χ3v) is 2.62. The van der Waals surface area contributed by atoms with E-state index in [9.17, 15) is 0 Å². The third-order valence-electron chi connectivity index (χ3n) is 2.62. The maximum atomic E-state index is 5.56. The molecule has 2 aromatic heterocycles. The fraction of sp³-hybridized carbons (Fsp3) is 0.333. The van der Waals surface area contributed by atoms with Crippen LogP contribution in [0.2, 0.25) is 0 Å². The van der Waals surface area contributed by atoms with E-state index in [1.54, 1.807) is 12.5 Å². The third kappa shape index (κ3) is 1.46. The highest BCUT2D eigenvalue weighted by Crippen LogP contribution is 2.17. The van der Waals surface area contributed by atoms with Gasteiger partial charge in [-0.1, -0.05) is 0 Å². The van der Waals surface area contributed by atoms with Crippen LogP contribution in [0.5, 0.6) is 0 Å². The van der Waals surface area contributed by atoms with Crippen LogP contribution in [0.4, 0.5) is 11.8 Å². The van der Waals surface area contributed by atoms with Crippen LogP contribution in [0, 0.1) is 0 Å². The molecule has 0 aromatic carbocycles. The van der Waals surface area contributed by atoms with Crippen molar-refractivity contribution in [1.82, 2.24) is 24.7 Å². The predicted octanol–water partition coefficient (Wildman–Crippen LogP) is -0.330. The van der Waals surface area contributed by atoms with Crippen LogP contribution in [-0.4, -0.2) is 31.3 Å². The molecule has 0 amide bonds. The number of hydrogen-bond acceptors (Lipinski definition) is 6. The second-order valence-corrected chi connectivity index (χ2v) is 3.64. The zero-order valence-corrected chi connectivity index (χ0v) is 8.61. The first-order chi connectivity index (χ1) is 7.83. The lowest BCUT2D eigenvalue weighted by atomic mass is 10.3. The van der Waals surface area contributed by atoms with E-state index in [-0.39, 0.29) is 0 Å². The molecule has 7 nitrogen and oxygen atoms in total. The normalized spacial score (nSPS) is 14.9. The van der Waals surface area contributed by atoms with Crippen LogP contribution in [0.1, 0.15) is 5.82 Å². The minimum absolute atomic E-state index is 0.296. The Bertz CT molecular complexity index is 506. The second kappa shape index (κ2) is 3.44. The largest absolute Gasteiger partial charge is 0.368 e. The molecule has 0 bridgehead atoms. The van der Waals surface area contributed by atoms with Gasteiger partial charge in [0, 0.05) is 19.3 Å². The molecule has 0 atom stereocenters. The molecule has 0 aliphatic carbocycles. The Labute approximate surface area is 91.9 Å². The SMILES string of the molecule is Nc1nccc(N2CCn3cnnc3C2)n1. The zero-order chi connectivity index (χ0) is 11.0. The van der Waals surface area contributed by atoms with Crippen LogP contribution >= 0.6 is 0 Å². The smallest absolute Gasteiger partial charge is 0.221 e. The van der Waals surface area contributed by atoms with E-state index in [4.69, 9.17) is 5.73 Å². The lowest BCUT2D eigenvalue weighted by Gasteiger charge is -2.27. The summed E-state index contributed by atoms with van der Waals surface area (Å²) in [6, 6.07) is 1.85. The van der Waals surface area contributed by atoms with E-state index in [1.165, 1.54) is 0 Å². The Kier molecular flexibility index (Phi) is 1.95. The molecule has 0 spiro atoms. The maximum Gasteiger partial charge on any atom is 0.221 e. The number of nitrogen functional groups attached to an aromatic ring is 1. The van der Waals surface area contributed by atoms with Crippen molar-refractivity contribution < 1.29 is 0 Å². The summed E-state index contributed by atoms with van der Waals surface area (Å²) in [4.78, 5) is 10.2. The first kappa shape index (κ1) is 9.08. The van der Waals surface area contributed by atoms with E-state index < -0.39 is 0 Å². The summed E-state index contributed by atoms with van der Waals surface area (Å²) in [5, 5.41) is 7.93. The molecule has 0 fully saturated rings. The number of nitrogens with zero attached hydrogens (tertiary/aromatic N) is 6. The number of aromatic nitrogens is 5. The van der Waals surface area contributed by atoms with Gasteiger partial charge in [-0.15, -0.1) is 10.2 Å². The number of nitrogens with two attached hydrogens (primary N) is 1. The first-order valence-electron chi connectivity index (χ1n) is 5.03. The molecule has 2 N–H and O–H groups in total. The van der Waals surface area contributed by atoms with Gasteiger partial charge in [0.05, 0.1) is 6.54 Å². The van der Waals surface area contributed by atoms with Crippen LogP contribution in [0.15, 0.2) is 18.6 Å². The molecule has 0 saturated carbocycles.